The Labute approximate surface area is 229 Å². The maximum atomic E-state index is 12.0. The second-order valence-electron chi connectivity index (χ2n) is 13.5. The number of hydrogen-bond acceptors (Lipinski definition) is 5. The molecule has 2 N–H and O–H groups in total. The van der Waals surface area contributed by atoms with Crippen LogP contribution < -0.4 is 0 Å². The standard InChI is InChI=1S/C33H38N2O4/c1-31-10-8-24-15-23-4-5-25(35-19-26(36)16-28(35)30(37)38)17-32(23)11-12-33(24,39-32)29(31)7-6-27(31)21-3-2-20-9-13-34-18-22(20)14-21/h2-3,8-9,13-15,18,25-29,36H,4-7,10-12,16-17,19H2,1H3,(H,37,38)/t25?,26-,27-,28+,29-,31-,32-,33-/m1/s1. The number of aromatic nitrogens is 1. The first-order valence-corrected chi connectivity index (χ1v) is 14.9. The molecule has 1 aromatic heterocycles. The summed E-state index contributed by atoms with van der Waals surface area (Å²) in [5, 5.41) is 22.6. The maximum Gasteiger partial charge on any atom is 0.321 e. The van der Waals surface area contributed by atoms with Gasteiger partial charge >= 0.3 is 5.97 Å². The minimum absolute atomic E-state index is 0.137. The second kappa shape index (κ2) is 8.25. The van der Waals surface area contributed by atoms with Gasteiger partial charge < -0.3 is 14.9 Å². The molecule has 204 valence electrons. The summed E-state index contributed by atoms with van der Waals surface area (Å²) in [6.07, 6.45) is 16.8. The van der Waals surface area contributed by atoms with Crippen molar-refractivity contribution in [1.82, 2.24) is 9.88 Å². The number of carbonyl (C=O) groups is 1. The van der Waals surface area contributed by atoms with Crippen molar-refractivity contribution >= 4 is 16.7 Å². The number of fused-ring (bicyclic) bond motifs is 2. The predicted octanol–water partition coefficient (Wildman–Crippen LogP) is 5.37. The Hall–Kier alpha value is -2.54. The number of allylic oxidation sites excluding steroid dienone is 1. The highest BCUT2D eigenvalue weighted by Crippen LogP contribution is 2.69. The van der Waals surface area contributed by atoms with Gasteiger partial charge in [-0.15, -0.1) is 0 Å². The van der Waals surface area contributed by atoms with E-state index < -0.39 is 18.1 Å². The van der Waals surface area contributed by atoms with E-state index in [1.807, 2.05) is 12.4 Å². The number of benzene rings is 1. The predicted molar refractivity (Wildman–Crippen MR) is 148 cm³/mol. The Balaban J connectivity index is 1.12. The molecule has 6 nitrogen and oxygen atoms in total. The first kappa shape index (κ1) is 24.3. The van der Waals surface area contributed by atoms with Crippen LogP contribution in [0.5, 0.6) is 0 Å². The molecule has 6 heteroatoms. The van der Waals surface area contributed by atoms with Crippen molar-refractivity contribution in [3.8, 4) is 0 Å². The molecule has 2 saturated heterocycles. The first-order chi connectivity index (χ1) is 18.8. The van der Waals surface area contributed by atoms with E-state index in [0.717, 1.165) is 38.5 Å². The van der Waals surface area contributed by atoms with Gasteiger partial charge in [0.15, 0.2) is 0 Å². The van der Waals surface area contributed by atoms with Crippen molar-refractivity contribution in [1.29, 1.82) is 0 Å². The number of rotatable bonds is 3. The molecular weight excluding hydrogens is 488 g/mol. The van der Waals surface area contributed by atoms with Crippen LogP contribution in [0.25, 0.3) is 10.8 Å². The van der Waals surface area contributed by atoms with E-state index in [4.69, 9.17) is 4.74 Å². The number of carboxylic acids is 1. The van der Waals surface area contributed by atoms with Crippen molar-refractivity contribution in [2.24, 2.45) is 11.3 Å². The van der Waals surface area contributed by atoms with Gasteiger partial charge in [-0.25, -0.2) is 0 Å². The lowest BCUT2D eigenvalue weighted by Gasteiger charge is -2.55. The van der Waals surface area contributed by atoms with Crippen LogP contribution in [-0.2, 0) is 9.53 Å². The number of nitrogens with zero attached hydrogens (tertiary/aromatic N) is 2. The molecule has 2 saturated carbocycles. The van der Waals surface area contributed by atoms with Gasteiger partial charge in [0, 0.05) is 36.8 Å². The number of aliphatic hydroxyl groups excluding tert-OH is 1. The summed E-state index contributed by atoms with van der Waals surface area (Å²) in [5.74, 6) is 0.149. The van der Waals surface area contributed by atoms with E-state index in [1.165, 1.54) is 40.3 Å². The third-order valence-electron chi connectivity index (χ3n) is 11.8. The number of carboxylic acid groups (broad SMARTS) is 1. The summed E-state index contributed by atoms with van der Waals surface area (Å²) >= 11 is 0. The van der Waals surface area contributed by atoms with E-state index in [1.54, 1.807) is 0 Å². The highest BCUT2D eigenvalue weighted by molar-refractivity contribution is 5.82. The molecule has 0 amide bonds. The lowest BCUT2D eigenvalue weighted by Crippen LogP contribution is -2.56. The zero-order valence-corrected chi connectivity index (χ0v) is 22.7. The van der Waals surface area contributed by atoms with Gasteiger partial charge in [-0.1, -0.05) is 31.2 Å². The number of likely N-dealkylation sites (tertiary alicyclic amines) is 1. The number of β-amino-alcohol motifs (C(OH)–C–C–N with tert-alkyl or cyclic N) is 1. The van der Waals surface area contributed by atoms with Gasteiger partial charge in [0.2, 0.25) is 0 Å². The topological polar surface area (TPSA) is 82.9 Å². The van der Waals surface area contributed by atoms with Crippen LogP contribution in [0.3, 0.4) is 0 Å². The third-order valence-corrected chi connectivity index (χ3v) is 11.8. The number of aliphatic carboxylic acids is 1. The Morgan fingerprint density at radius 2 is 2.05 bits per heavy atom. The van der Waals surface area contributed by atoms with Crippen LogP contribution in [0, 0.1) is 11.3 Å². The zero-order chi connectivity index (χ0) is 26.6. The van der Waals surface area contributed by atoms with E-state index in [0.29, 0.717) is 24.8 Å². The molecule has 1 aromatic carbocycles. The Bertz CT molecular complexity index is 1430. The van der Waals surface area contributed by atoms with Crippen LogP contribution in [0.1, 0.15) is 76.2 Å². The summed E-state index contributed by atoms with van der Waals surface area (Å²) in [5.41, 5.74) is 3.88. The molecule has 1 unspecified atom stereocenters. The summed E-state index contributed by atoms with van der Waals surface area (Å²) in [7, 11) is 0. The monoisotopic (exact) mass is 526 g/mol. The second-order valence-corrected chi connectivity index (χ2v) is 13.5. The Morgan fingerprint density at radius 1 is 1.15 bits per heavy atom. The first-order valence-electron chi connectivity index (χ1n) is 14.9. The number of pyridine rings is 1. The van der Waals surface area contributed by atoms with Gasteiger partial charge in [-0.3, -0.25) is 14.7 Å². The van der Waals surface area contributed by atoms with Gasteiger partial charge in [0.25, 0.3) is 0 Å². The number of ether oxygens (including phenoxy) is 1. The molecule has 2 aromatic rings. The largest absolute Gasteiger partial charge is 0.480 e. The third kappa shape index (κ3) is 3.31. The van der Waals surface area contributed by atoms with Crippen LogP contribution in [0.15, 0.2) is 60.0 Å². The smallest absolute Gasteiger partial charge is 0.321 e. The van der Waals surface area contributed by atoms with Crippen LogP contribution >= 0.6 is 0 Å². The molecule has 2 spiro atoms. The summed E-state index contributed by atoms with van der Waals surface area (Å²) in [4.78, 5) is 18.4. The van der Waals surface area contributed by atoms with Crippen molar-refractivity contribution in [2.75, 3.05) is 6.54 Å². The molecule has 8 rings (SSSR count). The fourth-order valence-electron chi connectivity index (χ4n) is 10.0. The highest BCUT2D eigenvalue weighted by atomic mass is 16.5. The summed E-state index contributed by atoms with van der Waals surface area (Å²) in [6.45, 7) is 2.96. The van der Waals surface area contributed by atoms with Gasteiger partial charge in [-0.2, -0.15) is 0 Å². The van der Waals surface area contributed by atoms with Crippen molar-refractivity contribution in [2.45, 2.75) is 100 Å². The van der Waals surface area contributed by atoms with Crippen LogP contribution in [0.4, 0.5) is 0 Å². The normalized spacial score (nSPS) is 43.0. The maximum absolute atomic E-state index is 12.0. The number of hydrogen-bond donors (Lipinski definition) is 2. The molecule has 4 fully saturated rings. The fraction of sp³-hybridized carbons (Fsp3) is 0.576. The van der Waals surface area contributed by atoms with E-state index in [2.05, 4.69) is 53.2 Å². The van der Waals surface area contributed by atoms with Gasteiger partial charge in [0.05, 0.1) is 17.3 Å². The highest BCUT2D eigenvalue weighted by Gasteiger charge is 2.67. The molecule has 8 atom stereocenters. The van der Waals surface area contributed by atoms with Crippen LogP contribution in [0.2, 0.25) is 0 Å². The fourth-order valence-corrected chi connectivity index (χ4v) is 10.0. The molecule has 6 aliphatic rings. The van der Waals surface area contributed by atoms with Gasteiger partial charge in [0.1, 0.15) is 6.04 Å². The van der Waals surface area contributed by atoms with Crippen molar-refractivity contribution in [3.05, 3.63) is 65.5 Å². The lowest BCUT2D eigenvalue weighted by atomic mass is 9.58. The molecule has 4 heterocycles. The van der Waals surface area contributed by atoms with Crippen molar-refractivity contribution in [3.63, 3.8) is 0 Å². The minimum atomic E-state index is -0.812. The minimum Gasteiger partial charge on any atom is -0.480 e. The SMILES string of the molecule is C[C@]12CC=C3C=C4CCC(N5C[C@H](O)C[C@H]5C(=O)O)C[C@]45CC[C@]3(O5)[C@@H]1CC[C@@H]2c1ccc2ccncc2c1. The van der Waals surface area contributed by atoms with Gasteiger partial charge in [-0.05, 0) is 103 Å². The molecule has 39 heavy (non-hydrogen) atoms. The Kier molecular flexibility index (Phi) is 5.13. The molecule has 3 aliphatic heterocycles. The molecular formula is C33H38N2O4. The van der Waals surface area contributed by atoms with Crippen molar-refractivity contribution < 1.29 is 19.7 Å². The quantitative estimate of drug-likeness (QED) is 0.560. The van der Waals surface area contributed by atoms with Crippen LogP contribution in [-0.4, -0.2) is 62.0 Å². The summed E-state index contributed by atoms with van der Waals surface area (Å²) < 4.78 is 7.44. The average Bonchev–Trinajstić information content (AvgIpc) is 3.59. The average molecular weight is 527 g/mol. The van der Waals surface area contributed by atoms with E-state index >= 15 is 0 Å². The van der Waals surface area contributed by atoms with E-state index in [-0.39, 0.29) is 22.7 Å². The molecule has 3 aliphatic carbocycles. The molecule has 0 radical (unpaired) electrons. The molecule has 2 bridgehead atoms. The number of aliphatic hydroxyl groups is 1. The zero-order valence-electron chi connectivity index (χ0n) is 22.7. The summed E-state index contributed by atoms with van der Waals surface area (Å²) in [6, 6.07) is 8.59. The Morgan fingerprint density at radius 3 is 2.92 bits per heavy atom. The lowest BCUT2D eigenvalue weighted by molar-refractivity contribution is -0.150. The van der Waals surface area contributed by atoms with E-state index in [9.17, 15) is 15.0 Å².